The fourth-order valence-corrected chi connectivity index (χ4v) is 5.79. The Hall–Kier alpha value is -3.52. The van der Waals surface area contributed by atoms with Crippen LogP contribution in [0.15, 0.2) is 67.1 Å². The van der Waals surface area contributed by atoms with Gasteiger partial charge < -0.3 is 9.80 Å². The first-order chi connectivity index (χ1) is 18.1. The number of fused-ring (bicyclic) bond motifs is 3. The molecule has 2 aromatic heterocycles. The van der Waals surface area contributed by atoms with Gasteiger partial charge in [0.05, 0.1) is 5.69 Å². The zero-order chi connectivity index (χ0) is 25.6. The number of para-hydroxylation sites is 1. The highest BCUT2D eigenvalue weighted by Gasteiger charge is 2.36. The molecule has 2 aliphatic rings. The second kappa shape index (κ2) is 11.7. The van der Waals surface area contributed by atoms with E-state index in [1.54, 1.807) is 13.1 Å². The van der Waals surface area contributed by atoms with Crippen molar-refractivity contribution in [2.75, 3.05) is 18.0 Å². The number of aromatic nitrogens is 3. The molecule has 2 bridgehead atoms. The van der Waals surface area contributed by atoms with Gasteiger partial charge in [-0.1, -0.05) is 24.3 Å². The first-order valence-electron chi connectivity index (χ1n) is 13.4. The lowest BCUT2D eigenvalue weighted by atomic mass is 10.1. The van der Waals surface area contributed by atoms with Crippen molar-refractivity contribution in [1.82, 2.24) is 24.6 Å². The molecule has 194 valence electrons. The van der Waals surface area contributed by atoms with Crippen molar-refractivity contribution in [1.29, 1.82) is 0 Å². The van der Waals surface area contributed by atoms with E-state index < -0.39 is 0 Å². The topological polar surface area (TPSA) is 74.6 Å². The van der Waals surface area contributed by atoms with E-state index in [1.807, 2.05) is 63.3 Å². The molecule has 5 rings (SSSR count). The molecule has 1 saturated heterocycles. The fourth-order valence-electron chi connectivity index (χ4n) is 5.79. The van der Waals surface area contributed by atoms with Crippen molar-refractivity contribution in [2.24, 2.45) is 0 Å². The van der Waals surface area contributed by atoms with Crippen LogP contribution >= 0.6 is 0 Å². The molecular formula is C29H36N6O2. The Bertz CT molecular complexity index is 1180. The maximum atomic E-state index is 13.6. The number of anilines is 1. The number of carbonyl (C=O) groups is 2. The third-order valence-corrected chi connectivity index (χ3v) is 7.67. The molecule has 1 aromatic carbocycles. The monoisotopic (exact) mass is 500 g/mol. The summed E-state index contributed by atoms with van der Waals surface area (Å²) in [5.74, 6) is 0.187. The van der Waals surface area contributed by atoms with Crippen molar-refractivity contribution in [3.63, 3.8) is 0 Å². The van der Waals surface area contributed by atoms with Crippen LogP contribution in [0.1, 0.15) is 50.3 Å². The van der Waals surface area contributed by atoms with E-state index in [1.165, 1.54) is 0 Å². The number of hydrogen-bond donors (Lipinski definition) is 0. The van der Waals surface area contributed by atoms with Gasteiger partial charge in [0.15, 0.2) is 0 Å². The molecular weight excluding hydrogens is 464 g/mol. The van der Waals surface area contributed by atoms with Crippen LogP contribution in [-0.2, 0) is 29.2 Å². The van der Waals surface area contributed by atoms with Crippen LogP contribution in [0.25, 0.3) is 0 Å². The lowest BCUT2D eigenvalue weighted by Crippen LogP contribution is -2.45. The molecule has 4 heterocycles. The van der Waals surface area contributed by atoms with E-state index in [2.05, 4.69) is 27.1 Å². The smallest absolute Gasteiger partial charge is 0.223 e. The molecule has 0 saturated carbocycles. The Morgan fingerprint density at radius 1 is 0.973 bits per heavy atom. The predicted molar refractivity (Wildman–Crippen MR) is 143 cm³/mol. The zero-order valence-corrected chi connectivity index (χ0v) is 21.6. The van der Waals surface area contributed by atoms with Crippen LogP contribution in [-0.4, -0.2) is 61.6 Å². The van der Waals surface area contributed by atoms with E-state index in [9.17, 15) is 9.59 Å². The number of benzene rings is 1. The Labute approximate surface area is 218 Å². The Balaban J connectivity index is 1.42. The van der Waals surface area contributed by atoms with Crippen LogP contribution in [0.5, 0.6) is 0 Å². The predicted octanol–water partition coefficient (Wildman–Crippen LogP) is 3.88. The molecule has 37 heavy (non-hydrogen) atoms. The minimum absolute atomic E-state index is 0.0367. The molecule has 0 radical (unpaired) electrons. The molecule has 0 N–H and O–H groups in total. The molecule has 8 heteroatoms. The summed E-state index contributed by atoms with van der Waals surface area (Å²) in [4.78, 5) is 37.4. The highest BCUT2D eigenvalue weighted by atomic mass is 16.2. The van der Waals surface area contributed by atoms with Crippen LogP contribution in [0.2, 0.25) is 0 Å². The molecule has 2 aliphatic heterocycles. The highest BCUT2D eigenvalue weighted by Crippen LogP contribution is 2.32. The van der Waals surface area contributed by atoms with E-state index in [-0.39, 0.29) is 17.9 Å². The number of nitrogens with zero attached hydrogens (tertiary/aromatic N) is 6. The minimum atomic E-state index is 0.0367. The number of aryl methyl sites for hydroxylation is 1. The standard InChI is InChI=1S/C29H36N6O2/c1-23(36)34-19-14-26-12-13-27(35(26)21-25-9-4-5-15-30-25)22-32(20-24-8-2-3-10-28(24)34)29(37)11-6-17-33-18-7-16-31-33/h2-5,7-10,15-16,18,26-27H,6,11-14,17,19-22H2,1H3/t26-,27+/m0/s1. The van der Waals surface area contributed by atoms with Crippen LogP contribution in [0, 0.1) is 0 Å². The van der Waals surface area contributed by atoms with Gasteiger partial charge in [-0.25, -0.2) is 0 Å². The van der Waals surface area contributed by atoms with Crippen LogP contribution in [0.4, 0.5) is 5.69 Å². The highest BCUT2D eigenvalue weighted by molar-refractivity contribution is 5.92. The van der Waals surface area contributed by atoms with Crippen molar-refractivity contribution in [3.8, 4) is 0 Å². The summed E-state index contributed by atoms with van der Waals surface area (Å²) in [7, 11) is 0. The molecule has 0 aliphatic carbocycles. The quantitative estimate of drug-likeness (QED) is 0.514. The summed E-state index contributed by atoms with van der Waals surface area (Å²) >= 11 is 0. The van der Waals surface area contributed by atoms with Crippen molar-refractivity contribution < 1.29 is 9.59 Å². The van der Waals surface area contributed by atoms with Gasteiger partial charge in [0.25, 0.3) is 0 Å². The summed E-state index contributed by atoms with van der Waals surface area (Å²) in [5, 5.41) is 4.26. The summed E-state index contributed by atoms with van der Waals surface area (Å²) in [6.45, 7) is 4.96. The second-order valence-electron chi connectivity index (χ2n) is 10.1. The zero-order valence-electron chi connectivity index (χ0n) is 21.6. The lowest BCUT2D eigenvalue weighted by Gasteiger charge is -2.33. The number of rotatable bonds is 6. The first-order valence-corrected chi connectivity index (χ1v) is 13.4. The minimum Gasteiger partial charge on any atom is -0.337 e. The number of carbonyl (C=O) groups excluding carboxylic acids is 2. The number of pyridine rings is 1. The van der Waals surface area contributed by atoms with Gasteiger partial charge in [-0.05, 0) is 55.5 Å². The molecule has 3 aromatic rings. The van der Waals surface area contributed by atoms with E-state index in [0.29, 0.717) is 32.1 Å². The van der Waals surface area contributed by atoms with Crippen LogP contribution in [0.3, 0.4) is 0 Å². The molecule has 2 atom stereocenters. The summed E-state index contributed by atoms with van der Waals surface area (Å²) in [5.41, 5.74) is 2.98. The molecule has 2 amide bonds. The fraction of sp³-hybridized carbons (Fsp3) is 0.448. The normalized spacial score (nSPS) is 20.4. The van der Waals surface area contributed by atoms with Gasteiger partial charge >= 0.3 is 0 Å². The first kappa shape index (κ1) is 25.1. The third kappa shape index (κ3) is 6.07. The second-order valence-corrected chi connectivity index (χ2v) is 10.1. The van der Waals surface area contributed by atoms with Gasteiger partial charge in [0, 0.05) is 82.4 Å². The van der Waals surface area contributed by atoms with Gasteiger partial charge in [0.1, 0.15) is 0 Å². The number of hydrogen-bond acceptors (Lipinski definition) is 5. The Morgan fingerprint density at radius 3 is 2.59 bits per heavy atom. The Kier molecular flexibility index (Phi) is 7.94. The maximum absolute atomic E-state index is 13.6. The summed E-state index contributed by atoms with van der Waals surface area (Å²) in [6.07, 6.45) is 9.74. The molecule has 0 unspecified atom stereocenters. The van der Waals surface area contributed by atoms with Crippen molar-refractivity contribution in [3.05, 3.63) is 78.4 Å². The van der Waals surface area contributed by atoms with E-state index >= 15 is 0 Å². The van der Waals surface area contributed by atoms with Crippen molar-refractivity contribution in [2.45, 2.75) is 70.7 Å². The largest absolute Gasteiger partial charge is 0.337 e. The van der Waals surface area contributed by atoms with E-state index in [0.717, 1.165) is 55.7 Å². The van der Waals surface area contributed by atoms with E-state index in [4.69, 9.17) is 0 Å². The lowest BCUT2D eigenvalue weighted by molar-refractivity contribution is -0.132. The SMILES string of the molecule is CC(=O)N1CC[C@@H]2CC[C@H](CN(C(=O)CCCn3cccn3)Cc3ccccc31)N2Cc1ccccn1. The average Bonchev–Trinajstić information content (AvgIpc) is 3.54. The van der Waals surface area contributed by atoms with Gasteiger partial charge in [-0.2, -0.15) is 5.10 Å². The van der Waals surface area contributed by atoms with Crippen LogP contribution < -0.4 is 4.90 Å². The molecule has 0 spiro atoms. The molecule has 8 nitrogen and oxygen atoms in total. The average molecular weight is 501 g/mol. The van der Waals surface area contributed by atoms with Gasteiger partial charge in [-0.3, -0.25) is 24.2 Å². The summed E-state index contributed by atoms with van der Waals surface area (Å²) < 4.78 is 1.87. The third-order valence-electron chi connectivity index (χ3n) is 7.67. The number of amides is 2. The Morgan fingerprint density at radius 2 is 1.81 bits per heavy atom. The molecule has 1 fully saturated rings. The van der Waals surface area contributed by atoms with Gasteiger partial charge in [0.2, 0.25) is 11.8 Å². The maximum Gasteiger partial charge on any atom is 0.223 e. The summed E-state index contributed by atoms with van der Waals surface area (Å²) in [6, 6.07) is 16.6. The van der Waals surface area contributed by atoms with Gasteiger partial charge in [-0.15, -0.1) is 0 Å². The van der Waals surface area contributed by atoms with Crippen molar-refractivity contribution >= 4 is 17.5 Å².